The minimum Gasteiger partial charge on any atom is -0.491 e. The number of rotatable bonds is 8. The van der Waals surface area contributed by atoms with Gasteiger partial charge >= 0.3 is 0 Å². The predicted octanol–water partition coefficient (Wildman–Crippen LogP) is 4.15. The van der Waals surface area contributed by atoms with Crippen molar-refractivity contribution in [2.75, 3.05) is 20.3 Å². The Balaban J connectivity index is 2.87. The van der Waals surface area contributed by atoms with E-state index in [9.17, 15) is 0 Å². The summed E-state index contributed by atoms with van der Waals surface area (Å²) in [4.78, 5) is 0. The van der Waals surface area contributed by atoms with Gasteiger partial charge in [0.05, 0.1) is 18.7 Å². The average Bonchev–Trinajstić information content (AvgIpc) is 2.43. The molecule has 0 saturated carbocycles. The van der Waals surface area contributed by atoms with Crippen molar-refractivity contribution in [1.82, 2.24) is 5.32 Å². The summed E-state index contributed by atoms with van der Waals surface area (Å²) in [5, 5.41) is 3.97. The highest BCUT2D eigenvalue weighted by molar-refractivity contribution is 6.32. The first-order chi connectivity index (χ1) is 9.62. The average molecular weight is 298 g/mol. The fraction of sp³-hybridized carbons (Fsp3) is 0.500. The van der Waals surface area contributed by atoms with Crippen LogP contribution in [0.15, 0.2) is 18.2 Å². The van der Waals surface area contributed by atoms with Crippen LogP contribution in [0.3, 0.4) is 0 Å². The van der Waals surface area contributed by atoms with Gasteiger partial charge in [-0.1, -0.05) is 30.7 Å². The highest BCUT2D eigenvalue weighted by Crippen LogP contribution is 2.36. The first-order valence-corrected chi connectivity index (χ1v) is 7.42. The number of hydrogen-bond acceptors (Lipinski definition) is 3. The maximum atomic E-state index is 6.21. The van der Waals surface area contributed by atoms with E-state index in [1.807, 2.05) is 25.1 Å². The van der Waals surface area contributed by atoms with E-state index in [0.717, 1.165) is 18.5 Å². The molecule has 0 fully saturated rings. The van der Waals surface area contributed by atoms with Gasteiger partial charge in [0, 0.05) is 6.04 Å². The number of methoxy groups -OCH3 is 1. The standard InChI is InChI=1S/C16H24ClNO2/c1-5-9-18-12(3)7-8-13-10-14(17)16(19-4)15(11-13)20-6-2/h7-8,10-12,18H,5-6,9H2,1-4H3/b8-7+. The molecule has 1 N–H and O–H groups in total. The van der Waals surface area contributed by atoms with Crippen LogP contribution in [0.25, 0.3) is 6.08 Å². The molecule has 4 heteroatoms. The SMILES string of the molecule is CCCNC(C)/C=C/c1cc(Cl)c(OC)c(OCC)c1. The van der Waals surface area contributed by atoms with Crippen molar-refractivity contribution >= 4 is 17.7 Å². The quantitative estimate of drug-likeness (QED) is 0.782. The second kappa shape index (κ2) is 8.88. The molecular weight excluding hydrogens is 274 g/mol. The van der Waals surface area contributed by atoms with Crippen LogP contribution in [0.5, 0.6) is 11.5 Å². The van der Waals surface area contributed by atoms with Crippen LogP contribution in [0.1, 0.15) is 32.8 Å². The van der Waals surface area contributed by atoms with E-state index in [0.29, 0.717) is 29.2 Å². The van der Waals surface area contributed by atoms with Crippen molar-refractivity contribution in [2.45, 2.75) is 33.2 Å². The van der Waals surface area contributed by atoms with Gasteiger partial charge in [0.25, 0.3) is 0 Å². The summed E-state index contributed by atoms with van der Waals surface area (Å²) in [6.07, 6.45) is 5.28. The molecule has 0 bridgehead atoms. The molecule has 0 aliphatic rings. The Morgan fingerprint density at radius 1 is 1.35 bits per heavy atom. The van der Waals surface area contributed by atoms with Crippen molar-refractivity contribution in [3.8, 4) is 11.5 Å². The van der Waals surface area contributed by atoms with E-state index in [-0.39, 0.29) is 0 Å². The van der Waals surface area contributed by atoms with Gasteiger partial charge in [0.15, 0.2) is 11.5 Å². The maximum absolute atomic E-state index is 6.21. The van der Waals surface area contributed by atoms with Crippen LogP contribution in [-0.4, -0.2) is 26.3 Å². The van der Waals surface area contributed by atoms with Crippen molar-refractivity contribution < 1.29 is 9.47 Å². The van der Waals surface area contributed by atoms with E-state index in [2.05, 4.69) is 25.2 Å². The molecule has 0 saturated heterocycles. The molecule has 0 aliphatic heterocycles. The Labute approximate surface area is 126 Å². The second-order valence-electron chi connectivity index (χ2n) is 4.57. The summed E-state index contributed by atoms with van der Waals surface area (Å²) in [7, 11) is 1.59. The van der Waals surface area contributed by atoms with Gasteiger partial charge in [0.2, 0.25) is 0 Å². The maximum Gasteiger partial charge on any atom is 0.179 e. The zero-order chi connectivity index (χ0) is 15.0. The van der Waals surface area contributed by atoms with Crippen LogP contribution in [0.2, 0.25) is 5.02 Å². The van der Waals surface area contributed by atoms with Gasteiger partial charge in [-0.2, -0.15) is 0 Å². The molecule has 0 radical (unpaired) electrons. The lowest BCUT2D eigenvalue weighted by Gasteiger charge is -2.12. The molecule has 0 spiro atoms. The lowest BCUT2D eigenvalue weighted by Crippen LogP contribution is -2.24. The van der Waals surface area contributed by atoms with E-state index in [1.165, 1.54) is 0 Å². The van der Waals surface area contributed by atoms with Crippen molar-refractivity contribution in [3.05, 3.63) is 28.8 Å². The van der Waals surface area contributed by atoms with Gasteiger partial charge in [-0.3, -0.25) is 0 Å². The van der Waals surface area contributed by atoms with E-state index in [4.69, 9.17) is 21.1 Å². The van der Waals surface area contributed by atoms with Crippen LogP contribution < -0.4 is 14.8 Å². The molecule has 3 nitrogen and oxygen atoms in total. The monoisotopic (exact) mass is 297 g/mol. The number of halogens is 1. The number of hydrogen-bond donors (Lipinski definition) is 1. The summed E-state index contributed by atoms with van der Waals surface area (Å²) in [5.41, 5.74) is 1.00. The third-order valence-corrected chi connectivity index (χ3v) is 3.11. The van der Waals surface area contributed by atoms with E-state index in [1.54, 1.807) is 7.11 Å². The van der Waals surface area contributed by atoms with Crippen molar-refractivity contribution in [1.29, 1.82) is 0 Å². The Bertz CT molecular complexity index is 446. The minimum absolute atomic E-state index is 0.325. The predicted molar refractivity (Wildman–Crippen MR) is 86.0 cm³/mol. The molecular formula is C16H24ClNO2. The minimum atomic E-state index is 0.325. The number of nitrogens with one attached hydrogen (secondary N) is 1. The van der Waals surface area contributed by atoms with Crippen LogP contribution in [0.4, 0.5) is 0 Å². The molecule has 112 valence electrons. The first-order valence-electron chi connectivity index (χ1n) is 7.04. The van der Waals surface area contributed by atoms with Crippen LogP contribution >= 0.6 is 11.6 Å². The summed E-state index contributed by atoms with van der Waals surface area (Å²) in [6, 6.07) is 4.15. The molecule has 1 aromatic carbocycles. The second-order valence-corrected chi connectivity index (χ2v) is 4.98. The third-order valence-electron chi connectivity index (χ3n) is 2.83. The topological polar surface area (TPSA) is 30.5 Å². The summed E-state index contributed by atoms with van der Waals surface area (Å²) < 4.78 is 10.8. The highest BCUT2D eigenvalue weighted by Gasteiger charge is 2.10. The Kier molecular flexibility index (Phi) is 7.48. The molecule has 0 heterocycles. The van der Waals surface area contributed by atoms with Gasteiger partial charge in [0.1, 0.15) is 0 Å². The fourth-order valence-corrected chi connectivity index (χ4v) is 2.14. The number of benzene rings is 1. The Morgan fingerprint density at radius 2 is 2.10 bits per heavy atom. The summed E-state index contributed by atoms with van der Waals surface area (Å²) in [6.45, 7) is 7.81. The lowest BCUT2D eigenvalue weighted by atomic mass is 10.1. The first kappa shape index (κ1) is 16.9. The zero-order valence-electron chi connectivity index (χ0n) is 12.7. The van der Waals surface area contributed by atoms with E-state index < -0.39 is 0 Å². The molecule has 1 unspecified atom stereocenters. The largest absolute Gasteiger partial charge is 0.491 e. The van der Waals surface area contributed by atoms with E-state index >= 15 is 0 Å². The molecule has 1 rings (SSSR count). The van der Waals surface area contributed by atoms with Gasteiger partial charge in [-0.05, 0) is 44.5 Å². The fourth-order valence-electron chi connectivity index (χ4n) is 1.84. The Hall–Kier alpha value is -1.19. The molecule has 20 heavy (non-hydrogen) atoms. The van der Waals surface area contributed by atoms with Crippen LogP contribution in [0, 0.1) is 0 Å². The van der Waals surface area contributed by atoms with Gasteiger partial charge in [-0.25, -0.2) is 0 Å². The normalized spacial score (nSPS) is 12.7. The summed E-state index contributed by atoms with van der Waals surface area (Å²) in [5.74, 6) is 1.26. The summed E-state index contributed by atoms with van der Waals surface area (Å²) >= 11 is 6.21. The number of ether oxygens (including phenoxy) is 2. The molecule has 0 aromatic heterocycles. The molecule has 1 atom stereocenters. The smallest absolute Gasteiger partial charge is 0.179 e. The van der Waals surface area contributed by atoms with Gasteiger partial charge in [-0.15, -0.1) is 0 Å². The molecule has 0 aliphatic carbocycles. The Morgan fingerprint density at radius 3 is 2.70 bits per heavy atom. The third kappa shape index (κ3) is 5.06. The molecule has 0 amide bonds. The lowest BCUT2D eigenvalue weighted by molar-refractivity contribution is 0.311. The van der Waals surface area contributed by atoms with Crippen LogP contribution in [-0.2, 0) is 0 Å². The highest BCUT2D eigenvalue weighted by atomic mass is 35.5. The van der Waals surface area contributed by atoms with Crippen molar-refractivity contribution in [3.63, 3.8) is 0 Å². The zero-order valence-corrected chi connectivity index (χ0v) is 13.5. The van der Waals surface area contributed by atoms with Crippen molar-refractivity contribution in [2.24, 2.45) is 0 Å². The van der Waals surface area contributed by atoms with Gasteiger partial charge < -0.3 is 14.8 Å². The molecule has 1 aromatic rings.